The molecule has 2 heterocycles. The van der Waals surface area contributed by atoms with Crippen LogP contribution in [0.4, 0.5) is 0 Å². The van der Waals surface area contributed by atoms with Crippen molar-refractivity contribution in [3.8, 4) is 28.6 Å². The van der Waals surface area contributed by atoms with Crippen LogP contribution in [0.1, 0.15) is 11.7 Å². The molecule has 0 aliphatic heterocycles. The molecule has 0 fully saturated rings. The lowest BCUT2D eigenvalue weighted by Crippen LogP contribution is -2.04. The molecular weight excluding hydrogens is 454 g/mol. The molecule has 166 valence electrons. The van der Waals surface area contributed by atoms with Gasteiger partial charge in [0.15, 0.2) is 22.5 Å². The molecule has 9 nitrogen and oxygen atoms in total. The van der Waals surface area contributed by atoms with Crippen molar-refractivity contribution in [2.75, 3.05) is 14.2 Å². The number of hydrogen-bond donors (Lipinski definition) is 0. The molecule has 0 aliphatic rings. The van der Waals surface area contributed by atoms with Crippen LogP contribution in [0.15, 0.2) is 52.1 Å². The molecule has 0 unspecified atom stereocenters. The van der Waals surface area contributed by atoms with Crippen molar-refractivity contribution >= 4 is 23.4 Å². The minimum absolute atomic E-state index is 0.248. The monoisotopic (exact) mass is 473 g/mol. The summed E-state index contributed by atoms with van der Waals surface area (Å²) in [7, 11) is 5.03. The van der Waals surface area contributed by atoms with Crippen LogP contribution in [0.25, 0.3) is 11.4 Å². The molecule has 0 atom stereocenters. The fourth-order valence-electron chi connectivity index (χ4n) is 2.83. The molecule has 2 aromatic carbocycles. The molecule has 11 heteroatoms. The number of thioether (sulfide) groups is 1. The standard InChI is InChI=1S/C21H20ClN5O4S/c1-27-18(11-30-15-7-5-4-6-14(15)22)24-25-21(27)32-12-19-23-20(26-31-19)13-8-9-16(28-2)17(10-13)29-3/h4-10H,11-12H2,1-3H3. The number of methoxy groups -OCH3 is 2. The van der Waals surface area contributed by atoms with E-state index in [1.54, 1.807) is 38.5 Å². The molecular formula is C21H20ClN5O4S. The zero-order valence-electron chi connectivity index (χ0n) is 17.6. The predicted molar refractivity (Wildman–Crippen MR) is 119 cm³/mol. The summed E-state index contributed by atoms with van der Waals surface area (Å²) in [4.78, 5) is 4.46. The number of nitrogens with zero attached hydrogens (tertiary/aromatic N) is 5. The Bertz CT molecular complexity index is 1210. The van der Waals surface area contributed by atoms with E-state index in [9.17, 15) is 0 Å². The van der Waals surface area contributed by atoms with E-state index in [1.165, 1.54) is 11.8 Å². The van der Waals surface area contributed by atoms with E-state index in [2.05, 4.69) is 20.3 Å². The Hall–Kier alpha value is -3.24. The smallest absolute Gasteiger partial charge is 0.237 e. The zero-order valence-corrected chi connectivity index (χ0v) is 19.2. The topological polar surface area (TPSA) is 97.3 Å². The summed E-state index contributed by atoms with van der Waals surface area (Å²) in [6.07, 6.45) is 0. The molecule has 0 saturated carbocycles. The number of ether oxygens (including phenoxy) is 3. The average molecular weight is 474 g/mol. The molecule has 0 N–H and O–H groups in total. The highest BCUT2D eigenvalue weighted by Crippen LogP contribution is 2.31. The van der Waals surface area contributed by atoms with Crippen LogP contribution in [-0.2, 0) is 19.4 Å². The molecule has 2 aromatic heterocycles. The van der Waals surface area contributed by atoms with Gasteiger partial charge in [0.1, 0.15) is 12.4 Å². The highest BCUT2D eigenvalue weighted by Gasteiger charge is 2.15. The van der Waals surface area contributed by atoms with Gasteiger partial charge in [-0.25, -0.2) is 0 Å². The number of benzene rings is 2. The van der Waals surface area contributed by atoms with Crippen molar-refractivity contribution in [2.24, 2.45) is 7.05 Å². The maximum atomic E-state index is 6.12. The largest absolute Gasteiger partial charge is 0.493 e. The lowest BCUT2D eigenvalue weighted by atomic mass is 10.2. The number of rotatable bonds is 9. The van der Waals surface area contributed by atoms with Gasteiger partial charge >= 0.3 is 0 Å². The SMILES string of the molecule is COc1ccc(-c2noc(CSc3nnc(COc4ccccc4Cl)n3C)n2)cc1OC. The third-order valence-electron chi connectivity index (χ3n) is 4.55. The highest BCUT2D eigenvalue weighted by atomic mass is 35.5. The second-order valence-electron chi connectivity index (χ2n) is 6.55. The average Bonchev–Trinajstić information content (AvgIpc) is 3.43. The van der Waals surface area contributed by atoms with Gasteiger partial charge in [-0.05, 0) is 30.3 Å². The van der Waals surface area contributed by atoms with Crippen LogP contribution in [-0.4, -0.2) is 39.1 Å². The van der Waals surface area contributed by atoms with Gasteiger partial charge in [0, 0.05) is 12.6 Å². The van der Waals surface area contributed by atoms with Crippen molar-refractivity contribution < 1.29 is 18.7 Å². The second kappa shape index (κ2) is 9.92. The molecule has 0 spiro atoms. The fourth-order valence-corrected chi connectivity index (χ4v) is 3.79. The van der Waals surface area contributed by atoms with Gasteiger partial charge < -0.3 is 23.3 Å². The molecule has 4 rings (SSSR count). The molecule has 0 amide bonds. The predicted octanol–water partition coefficient (Wildman–Crippen LogP) is 4.41. The van der Waals surface area contributed by atoms with Gasteiger partial charge in [-0.3, -0.25) is 0 Å². The number of hydrogen-bond acceptors (Lipinski definition) is 9. The Balaban J connectivity index is 1.39. The first-order chi connectivity index (χ1) is 15.6. The first-order valence-electron chi connectivity index (χ1n) is 9.52. The van der Waals surface area contributed by atoms with Crippen LogP contribution in [0.2, 0.25) is 5.02 Å². The summed E-state index contributed by atoms with van der Waals surface area (Å²) in [6, 6.07) is 12.7. The van der Waals surface area contributed by atoms with E-state index in [-0.39, 0.29) is 6.61 Å². The third-order valence-corrected chi connectivity index (χ3v) is 5.87. The summed E-state index contributed by atoms with van der Waals surface area (Å²) in [6.45, 7) is 0.248. The first-order valence-corrected chi connectivity index (χ1v) is 10.9. The summed E-state index contributed by atoms with van der Waals surface area (Å²) < 4.78 is 23.6. The van der Waals surface area contributed by atoms with E-state index in [4.69, 9.17) is 30.3 Å². The van der Waals surface area contributed by atoms with Crippen molar-refractivity contribution in [3.63, 3.8) is 0 Å². The Morgan fingerprint density at radius 2 is 1.84 bits per heavy atom. The van der Waals surface area contributed by atoms with Crippen LogP contribution < -0.4 is 14.2 Å². The number of aromatic nitrogens is 5. The Kier molecular flexibility index (Phi) is 6.81. The van der Waals surface area contributed by atoms with E-state index in [0.717, 1.165) is 5.56 Å². The van der Waals surface area contributed by atoms with Crippen molar-refractivity contribution in [1.82, 2.24) is 24.9 Å². The maximum Gasteiger partial charge on any atom is 0.237 e. The van der Waals surface area contributed by atoms with Crippen molar-refractivity contribution in [2.45, 2.75) is 17.5 Å². The van der Waals surface area contributed by atoms with E-state index in [1.807, 2.05) is 29.8 Å². The van der Waals surface area contributed by atoms with Crippen LogP contribution in [0.5, 0.6) is 17.2 Å². The van der Waals surface area contributed by atoms with Crippen molar-refractivity contribution in [1.29, 1.82) is 0 Å². The van der Waals surface area contributed by atoms with Gasteiger partial charge in [0.25, 0.3) is 0 Å². The summed E-state index contributed by atoms with van der Waals surface area (Å²) in [5, 5.41) is 13.7. The summed E-state index contributed by atoms with van der Waals surface area (Å²) in [5.74, 6) is 3.87. The quantitative estimate of drug-likeness (QED) is 0.327. The number of para-hydroxylation sites is 1. The van der Waals surface area contributed by atoms with E-state index < -0.39 is 0 Å². The van der Waals surface area contributed by atoms with E-state index in [0.29, 0.717) is 50.7 Å². The van der Waals surface area contributed by atoms with Gasteiger partial charge in [-0.2, -0.15) is 4.98 Å². The summed E-state index contributed by atoms with van der Waals surface area (Å²) >= 11 is 7.56. The maximum absolute atomic E-state index is 6.12. The Morgan fingerprint density at radius 3 is 2.62 bits per heavy atom. The minimum atomic E-state index is 0.248. The molecule has 0 bridgehead atoms. The van der Waals surface area contributed by atoms with Crippen LogP contribution in [0, 0.1) is 0 Å². The van der Waals surface area contributed by atoms with Gasteiger partial charge in [0.05, 0.1) is 25.0 Å². The third kappa shape index (κ3) is 4.81. The fraction of sp³-hybridized carbons (Fsp3) is 0.238. The van der Waals surface area contributed by atoms with E-state index >= 15 is 0 Å². The van der Waals surface area contributed by atoms with Gasteiger partial charge in [-0.1, -0.05) is 40.7 Å². The van der Waals surface area contributed by atoms with Gasteiger partial charge in [0.2, 0.25) is 11.7 Å². The molecule has 0 saturated heterocycles. The van der Waals surface area contributed by atoms with Crippen LogP contribution in [0.3, 0.4) is 0 Å². The first kappa shape index (κ1) is 22.0. The minimum Gasteiger partial charge on any atom is -0.493 e. The lowest BCUT2D eigenvalue weighted by Gasteiger charge is -2.07. The van der Waals surface area contributed by atoms with Gasteiger partial charge in [-0.15, -0.1) is 10.2 Å². The molecule has 4 aromatic rings. The summed E-state index contributed by atoms with van der Waals surface area (Å²) in [5.41, 5.74) is 0.764. The lowest BCUT2D eigenvalue weighted by molar-refractivity contribution is 0.290. The normalized spacial score (nSPS) is 10.9. The molecule has 0 aliphatic carbocycles. The van der Waals surface area contributed by atoms with Crippen molar-refractivity contribution in [3.05, 3.63) is 59.2 Å². The Morgan fingerprint density at radius 1 is 1.03 bits per heavy atom. The molecule has 32 heavy (non-hydrogen) atoms. The zero-order chi connectivity index (χ0) is 22.5. The second-order valence-corrected chi connectivity index (χ2v) is 7.90. The van der Waals surface area contributed by atoms with Crippen LogP contribution >= 0.6 is 23.4 Å². The highest BCUT2D eigenvalue weighted by molar-refractivity contribution is 7.98. The number of halogens is 1. The molecule has 0 radical (unpaired) electrons. The Labute approximate surface area is 193 Å².